The molecule has 80 valence electrons. The molecular weight excluding hydrogens is 188 g/mol. The van der Waals surface area contributed by atoms with Crippen LogP contribution in [0.5, 0.6) is 0 Å². The third kappa shape index (κ3) is 1.11. The van der Waals surface area contributed by atoms with Gasteiger partial charge in [0.2, 0.25) is 0 Å². The van der Waals surface area contributed by atoms with Crippen molar-refractivity contribution in [3.63, 3.8) is 0 Å². The highest BCUT2D eigenvalue weighted by Gasteiger charge is 2.29. The van der Waals surface area contributed by atoms with Crippen LogP contribution in [0.2, 0.25) is 0 Å². The highest BCUT2D eigenvalue weighted by Crippen LogP contribution is 2.37. The molecule has 1 aliphatic rings. The minimum absolute atomic E-state index is 0.913. The smallest absolute Gasteiger partial charge is 0.141 e. The van der Waals surface area contributed by atoms with Crippen molar-refractivity contribution in [2.45, 2.75) is 6.92 Å². The van der Waals surface area contributed by atoms with E-state index in [1.54, 1.807) is 0 Å². The second-order valence-corrected chi connectivity index (χ2v) is 3.89. The molecule has 0 spiro atoms. The van der Waals surface area contributed by atoms with E-state index in [4.69, 9.17) is 0 Å². The fourth-order valence-corrected chi connectivity index (χ4v) is 2.04. The molecule has 0 aromatic carbocycles. The summed E-state index contributed by atoms with van der Waals surface area (Å²) < 4.78 is 1.87. The Labute approximate surface area is 90.1 Å². The minimum Gasteiger partial charge on any atom is -0.331 e. The molecule has 1 aromatic rings. The Morgan fingerprint density at radius 3 is 2.27 bits per heavy atom. The van der Waals surface area contributed by atoms with Gasteiger partial charge in [0, 0.05) is 26.8 Å². The molecule has 4 nitrogen and oxygen atoms in total. The number of fused-ring (bicyclic) bond motifs is 1. The Hall–Kier alpha value is -1.71. The number of nitrogens with zero attached hydrogens (tertiary/aromatic N) is 4. The lowest BCUT2D eigenvalue weighted by atomic mass is 10.1. The fourth-order valence-electron chi connectivity index (χ4n) is 2.04. The zero-order valence-electron chi connectivity index (χ0n) is 9.70. The SMILES string of the molecule is C=C1c2c(C)nn(C)c2N(C)C(=C)N1C. The highest BCUT2D eigenvalue weighted by atomic mass is 15.4. The van der Waals surface area contributed by atoms with E-state index < -0.39 is 0 Å². The van der Waals surface area contributed by atoms with E-state index in [1.807, 2.05) is 42.5 Å². The highest BCUT2D eigenvalue weighted by molar-refractivity contribution is 5.79. The first-order chi connectivity index (χ1) is 6.95. The molecule has 1 aromatic heterocycles. The molecule has 2 heterocycles. The molecule has 0 fully saturated rings. The molecule has 0 N–H and O–H groups in total. The molecule has 0 atom stereocenters. The Morgan fingerprint density at radius 1 is 1.07 bits per heavy atom. The first-order valence-corrected chi connectivity index (χ1v) is 4.84. The lowest BCUT2D eigenvalue weighted by Gasteiger charge is -2.36. The molecule has 0 radical (unpaired) electrons. The van der Waals surface area contributed by atoms with Gasteiger partial charge in [-0.2, -0.15) is 5.10 Å². The van der Waals surface area contributed by atoms with E-state index in [0.29, 0.717) is 0 Å². The Morgan fingerprint density at radius 2 is 1.67 bits per heavy atom. The van der Waals surface area contributed by atoms with Crippen molar-refractivity contribution in [3.05, 3.63) is 30.2 Å². The summed E-state index contributed by atoms with van der Waals surface area (Å²) in [6.07, 6.45) is 0. The molecule has 4 heteroatoms. The predicted molar refractivity (Wildman–Crippen MR) is 62.3 cm³/mol. The molecule has 0 bridgehead atoms. The van der Waals surface area contributed by atoms with Gasteiger partial charge in [0.15, 0.2) is 0 Å². The number of hydrogen-bond acceptors (Lipinski definition) is 3. The number of aromatic nitrogens is 2. The van der Waals surface area contributed by atoms with Crippen LogP contribution in [0.15, 0.2) is 19.0 Å². The lowest BCUT2D eigenvalue weighted by molar-refractivity contribution is 0.558. The predicted octanol–water partition coefficient (Wildman–Crippen LogP) is 1.55. The Kier molecular flexibility index (Phi) is 1.89. The van der Waals surface area contributed by atoms with E-state index >= 15 is 0 Å². The summed E-state index contributed by atoms with van der Waals surface area (Å²) in [6, 6.07) is 0. The normalized spacial score (nSPS) is 16.0. The maximum absolute atomic E-state index is 4.41. The molecule has 0 aliphatic carbocycles. The van der Waals surface area contributed by atoms with Crippen LogP contribution in [0.25, 0.3) is 5.70 Å². The van der Waals surface area contributed by atoms with Gasteiger partial charge < -0.3 is 9.80 Å². The fraction of sp³-hybridized carbons (Fsp3) is 0.364. The number of hydrogen-bond donors (Lipinski definition) is 0. The molecule has 15 heavy (non-hydrogen) atoms. The summed E-state index contributed by atoms with van der Waals surface area (Å²) in [7, 11) is 5.90. The first kappa shape index (κ1) is 9.83. The molecule has 0 saturated carbocycles. The largest absolute Gasteiger partial charge is 0.331 e. The Balaban J connectivity index is 2.72. The molecular formula is C11H16N4. The van der Waals surface area contributed by atoms with Crippen molar-refractivity contribution in [1.29, 1.82) is 0 Å². The van der Waals surface area contributed by atoms with Crippen molar-refractivity contribution >= 4 is 11.5 Å². The zero-order chi connectivity index (χ0) is 11.3. The lowest BCUT2D eigenvalue weighted by Crippen LogP contribution is -2.34. The van der Waals surface area contributed by atoms with Crippen LogP contribution < -0.4 is 4.90 Å². The van der Waals surface area contributed by atoms with Crippen LogP contribution in [0.4, 0.5) is 5.82 Å². The van der Waals surface area contributed by atoms with Crippen LogP contribution in [0, 0.1) is 6.92 Å². The van der Waals surface area contributed by atoms with Gasteiger partial charge in [0.05, 0.1) is 11.3 Å². The molecule has 1 aliphatic heterocycles. The van der Waals surface area contributed by atoms with Crippen molar-refractivity contribution in [3.8, 4) is 0 Å². The summed E-state index contributed by atoms with van der Waals surface area (Å²) in [4.78, 5) is 4.01. The van der Waals surface area contributed by atoms with E-state index in [9.17, 15) is 0 Å². The summed E-state index contributed by atoms with van der Waals surface area (Å²) in [5.74, 6) is 1.97. The van der Waals surface area contributed by atoms with E-state index in [-0.39, 0.29) is 0 Å². The molecule has 2 rings (SSSR count). The van der Waals surface area contributed by atoms with Gasteiger partial charge in [0.25, 0.3) is 0 Å². The van der Waals surface area contributed by atoms with Crippen LogP contribution in [0.1, 0.15) is 11.3 Å². The number of aryl methyl sites for hydroxylation is 2. The summed E-state index contributed by atoms with van der Waals surface area (Å²) in [5.41, 5.74) is 3.07. The molecule has 0 unspecified atom stereocenters. The number of rotatable bonds is 0. The number of anilines is 1. The van der Waals surface area contributed by atoms with Crippen LogP contribution in [-0.4, -0.2) is 28.8 Å². The average molecular weight is 204 g/mol. The maximum atomic E-state index is 4.41. The average Bonchev–Trinajstić information content (AvgIpc) is 2.47. The van der Waals surface area contributed by atoms with E-state index in [1.165, 1.54) is 0 Å². The zero-order valence-corrected chi connectivity index (χ0v) is 9.70. The van der Waals surface area contributed by atoms with Gasteiger partial charge in [-0.3, -0.25) is 4.68 Å². The molecule has 0 amide bonds. The summed E-state index contributed by atoms with van der Waals surface area (Å²) in [6.45, 7) is 10.1. The van der Waals surface area contributed by atoms with Crippen LogP contribution in [0.3, 0.4) is 0 Å². The van der Waals surface area contributed by atoms with Gasteiger partial charge in [-0.15, -0.1) is 0 Å². The molecule has 0 saturated heterocycles. The summed E-state index contributed by atoms with van der Waals surface area (Å²) >= 11 is 0. The van der Waals surface area contributed by atoms with Crippen molar-refractivity contribution in [2.75, 3.05) is 19.0 Å². The second-order valence-electron chi connectivity index (χ2n) is 3.89. The Bertz CT molecular complexity index is 455. The van der Waals surface area contributed by atoms with Crippen molar-refractivity contribution < 1.29 is 0 Å². The second kappa shape index (κ2) is 2.89. The van der Waals surface area contributed by atoms with E-state index in [0.717, 1.165) is 28.6 Å². The van der Waals surface area contributed by atoms with Crippen molar-refractivity contribution in [1.82, 2.24) is 14.7 Å². The van der Waals surface area contributed by atoms with Gasteiger partial charge in [0.1, 0.15) is 11.6 Å². The van der Waals surface area contributed by atoms with Gasteiger partial charge in [-0.1, -0.05) is 13.2 Å². The quantitative estimate of drug-likeness (QED) is 0.641. The standard InChI is InChI=1S/C11H16N4/c1-7-10-8(2)13(4)9(3)14(5)11(10)15(6)12-7/h2-3H2,1,4-6H3. The maximum Gasteiger partial charge on any atom is 0.141 e. The third-order valence-corrected chi connectivity index (χ3v) is 2.98. The first-order valence-electron chi connectivity index (χ1n) is 4.84. The topological polar surface area (TPSA) is 24.3 Å². The van der Waals surface area contributed by atoms with Gasteiger partial charge >= 0.3 is 0 Å². The minimum atomic E-state index is 0.913. The monoisotopic (exact) mass is 204 g/mol. The van der Waals surface area contributed by atoms with Crippen LogP contribution >= 0.6 is 0 Å². The summed E-state index contributed by atoms with van der Waals surface area (Å²) in [5, 5.41) is 4.41. The van der Waals surface area contributed by atoms with Gasteiger partial charge in [-0.05, 0) is 6.92 Å². The third-order valence-electron chi connectivity index (χ3n) is 2.98. The van der Waals surface area contributed by atoms with Gasteiger partial charge in [-0.25, -0.2) is 0 Å². The van der Waals surface area contributed by atoms with Crippen molar-refractivity contribution in [2.24, 2.45) is 7.05 Å². The van der Waals surface area contributed by atoms with E-state index in [2.05, 4.69) is 18.3 Å². The van der Waals surface area contributed by atoms with Crippen LogP contribution in [-0.2, 0) is 7.05 Å².